The number of carbonyl (C=O) groups is 11. The summed E-state index contributed by atoms with van der Waals surface area (Å²) in [4.78, 5) is 156. The van der Waals surface area contributed by atoms with E-state index in [4.69, 9.17) is 88.7 Å². The quantitative estimate of drug-likeness (QED) is 0.00551. The smallest absolute Gasteiger partial charge is 0.469 e. The van der Waals surface area contributed by atoms with Crippen LogP contribution in [0.25, 0.3) is 0 Å². The van der Waals surface area contributed by atoms with E-state index in [1.165, 1.54) is 38.2 Å². The zero-order valence-electron chi connectivity index (χ0n) is 59.7. The van der Waals surface area contributed by atoms with Crippen molar-refractivity contribution in [2.24, 2.45) is 21.7 Å². The number of ether oxygens (including phenoxy) is 8. The maximum atomic E-state index is 12.0. The molecule has 602 valence electrons. The van der Waals surface area contributed by atoms with Crippen LogP contribution in [0.15, 0.2) is 24.1 Å². The van der Waals surface area contributed by atoms with Gasteiger partial charge in [-0.05, 0) is 68.5 Å². The van der Waals surface area contributed by atoms with Gasteiger partial charge in [0.2, 0.25) is 5.88 Å². The summed E-state index contributed by atoms with van der Waals surface area (Å²) < 4.78 is 53.7. The van der Waals surface area contributed by atoms with Crippen molar-refractivity contribution >= 4 is 86.1 Å². The van der Waals surface area contributed by atoms with Gasteiger partial charge in [0.1, 0.15) is 57.5 Å². The molecule has 45 heteroatoms. The zero-order chi connectivity index (χ0) is 81.1. The van der Waals surface area contributed by atoms with E-state index in [2.05, 4.69) is 50.3 Å². The van der Waals surface area contributed by atoms with Crippen LogP contribution < -0.4 is 5.32 Å². The summed E-state index contributed by atoms with van der Waals surface area (Å²) in [6, 6.07) is 0. The number of rotatable bonds is 53. The molecule has 0 radical (unpaired) electrons. The third-order valence-electron chi connectivity index (χ3n) is 11.8. The van der Waals surface area contributed by atoms with E-state index in [0.29, 0.717) is 0 Å². The van der Waals surface area contributed by atoms with Crippen LogP contribution in [0.1, 0.15) is 55.4 Å². The molecule has 0 bridgehead atoms. The summed E-state index contributed by atoms with van der Waals surface area (Å²) in [5, 5.41) is 110. The monoisotopic (exact) mass is 1540 g/mol. The number of hydrogen-bond acceptors (Lipinski definition) is 35. The molecule has 0 aromatic carbocycles. The van der Waals surface area contributed by atoms with Crippen molar-refractivity contribution in [3.63, 3.8) is 0 Å². The van der Waals surface area contributed by atoms with Crippen molar-refractivity contribution in [3.8, 4) is 0 Å². The molecular weight excluding hydrogens is 1440 g/mol. The highest BCUT2D eigenvalue weighted by molar-refractivity contribution is 7.84. The van der Waals surface area contributed by atoms with Gasteiger partial charge in [0.15, 0.2) is 5.09 Å². The number of aliphatic carboxylic acids is 7. The number of thiol groups is 1. The number of carbonyl (C=O) groups excluding carboxylic acids is 4. The second-order valence-corrected chi connectivity index (χ2v) is 26.1. The summed E-state index contributed by atoms with van der Waals surface area (Å²) in [5.74, 6) is -10.6. The summed E-state index contributed by atoms with van der Waals surface area (Å²) in [6.07, 6.45) is -4.68. The predicted molar refractivity (Wildman–Crippen MR) is 354 cm³/mol. The molecule has 0 rings (SSSR count). The van der Waals surface area contributed by atoms with Gasteiger partial charge in [0.25, 0.3) is 0 Å². The van der Waals surface area contributed by atoms with Gasteiger partial charge in [0.05, 0.1) is 101 Å². The number of aliphatic hydroxyl groups is 4. The normalized spacial score (nSPS) is 12.7. The van der Waals surface area contributed by atoms with Crippen molar-refractivity contribution in [3.05, 3.63) is 24.1 Å². The molecule has 0 saturated heterocycles. The van der Waals surface area contributed by atoms with Crippen LogP contribution in [-0.4, -0.2) is 360 Å². The Labute approximate surface area is 600 Å². The number of aliphatic hydroxyl groups excluding tert-OH is 4. The largest absolute Gasteiger partial charge is 0.480 e. The van der Waals surface area contributed by atoms with E-state index < -0.39 is 165 Å². The molecule has 0 heterocycles. The van der Waals surface area contributed by atoms with Crippen LogP contribution in [0.3, 0.4) is 0 Å². The molecule has 0 aliphatic carbocycles. The van der Waals surface area contributed by atoms with Gasteiger partial charge in [-0.15, -0.1) is 12.6 Å². The fraction of sp³-hybridized carbons (Fsp3) is 0.741. The van der Waals surface area contributed by atoms with Crippen molar-refractivity contribution < 1.29 is 186 Å². The lowest BCUT2D eigenvalue weighted by Crippen LogP contribution is -2.45. The molecule has 4 atom stereocenters. The van der Waals surface area contributed by atoms with Gasteiger partial charge in [-0.2, -0.15) is 4.89 Å². The molecule has 0 aromatic heterocycles. The highest BCUT2D eigenvalue weighted by Gasteiger charge is 2.34. The number of hydrogen-bond donors (Lipinski definition) is 16. The Kier molecular flexibility index (Phi) is 57.2. The van der Waals surface area contributed by atoms with Crippen molar-refractivity contribution in [1.29, 1.82) is 0 Å². The first-order valence-electron chi connectivity index (χ1n) is 30.2. The summed E-state index contributed by atoms with van der Waals surface area (Å²) in [6.45, 7) is 14.8. The molecule has 103 heavy (non-hydrogen) atoms. The van der Waals surface area contributed by atoms with Crippen LogP contribution >= 0.6 is 20.5 Å². The minimum Gasteiger partial charge on any atom is -0.480 e. The van der Waals surface area contributed by atoms with E-state index >= 15 is 0 Å². The Morgan fingerprint density at radius 1 is 0.427 bits per heavy atom. The average molecular weight is 1540 g/mol. The summed E-state index contributed by atoms with van der Waals surface area (Å²) in [5.41, 5.74) is -3.41. The Balaban J connectivity index is -0.000000395. The highest BCUT2D eigenvalue weighted by Crippen LogP contribution is 2.35. The SMILES string of the molecule is C=C(NCCN(CC(=O)O)CC(=O)O)OO.C=C(S)OOCC(O)COC(=O)C(C)(C)COC.COCC(C)(C)C(=O)OCC(O)CN(CC(=O)O)CC(=O)O.COCC(C)(C)C(=O)OCC(O)CN(CCN(CC(=O)O)CC(=O)O)CC(=O)O.COCC(C)(C)C(=O)OCC(O)COP(=O)(O)O. The lowest BCUT2D eigenvalue weighted by atomic mass is 9.95. The lowest BCUT2D eigenvalue weighted by molar-refractivity contribution is -0.268. The first-order chi connectivity index (χ1) is 47.3. The van der Waals surface area contributed by atoms with E-state index in [0.717, 1.165) is 9.80 Å². The Morgan fingerprint density at radius 2 is 0.689 bits per heavy atom. The number of carboxylic acid groups (broad SMARTS) is 7. The van der Waals surface area contributed by atoms with Crippen molar-refractivity contribution in [1.82, 2.24) is 24.9 Å². The standard InChI is InChI=1S/C17H30N2O10.C13H23NO8.C11H20O6S.C9H19O8P.C8H14N2O6/c1-17(2,11-28-3)16(27)29-10-12(20)6-18(7-13(21)22)4-5-19(8-14(23)24)9-15(25)26;1-13(2,8-21-3)12(20)22-7-9(15)4-14(5-10(16)17)6-11(18)19;1-8(18)17-16-6-9(12)5-15-10(13)11(2,3)7-14-4;1-9(2,6-15-3)8(11)16-4-7(10)5-17-18(12,13)14;1-6(16-15)9-2-3-10(4-7(11)12)5-8(13)14/h12,20H,4-11H2,1-3H3,(H,21,22)(H,23,24)(H,25,26);9,15H,4-8H2,1-3H3,(H,16,17)(H,18,19);9,12,18H,1,5-7H2,2-4H3;7,10H,4-6H2,1-3H3,(H2,12,13,14);9,15H,1-5H2,(H,11,12)(H,13,14). The van der Waals surface area contributed by atoms with E-state index in [1.54, 1.807) is 55.4 Å². The molecule has 0 aromatic rings. The molecule has 0 aliphatic heterocycles. The molecule has 0 saturated carbocycles. The number of carboxylic acids is 7. The lowest BCUT2D eigenvalue weighted by Gasteiger charge is -2.27. The van der Waals surface area contributed by atoms with Gasteiger partial charge in [0, 0.05) is 67.7 Å². The number of phosphoric acid groups is 1. The molecular formula is C58H106N5O38PS. The van der Waals surface area contributed by atoms with Gasteiger partial charge >= 0.3 is 73.5 Å². The summed E-state index contributed by atoms with van der Waals surface area (Å²) >= 11 is 3.72. The number of methoxy groups -OCH3 is 4. The Bertz CT molecular complexity index is 2560. The molecule has 0 amide bonds. The molecule has 43 nitrogen and oxygen atoms in total. The molecule has 15 N–H and O–H groups in total. The molecule has 0 aliphatic rings. The van der Waals surface area contributed by atoms with Gasteiger partial charge < -0.3 is 119 Å². The van der Waals surface area contributed by atoms with E-state index in [1.807, 2.05) is 0 Å². The van der Waals surface area contributed by atoms with Gasteiger partial charge in [-0.25, -0.2) is 9.82 Å². The van der Waals surface area contributed by atoms with Gasteiger partial charge in [-0.3, -0.25) is 76.9 Å². The van der Waals surface area contributed by atoms with Crippen LogP contribution in [0.4, 0.5) is 0 Å². The number of esters is 4. The minimum absolute atomic E-state index is 0.00691. The first-order valence-corrected chi connectivity index (χ1v) is 32.2. The summed E-state index contributed by atoms with van der Waals surface area (Å²) in [7, 11) is 1.19. The third kappa shape index (κ3) is 63.2. The Hall–Kier alpha value is -7.05. The fourth-order valence-electron chi connectivity index (χ4n) is 7.17. The minimum atomic E-state index is -4.63. The maximum absolute atomic E-state index is 12.0. The van der Waals surface area contributed by atoms with Crippen LogP contribution in [0.5, 0.6) is 0 Å². The number of phosphoric ester groups is 1. The number of nitrogens with one attached hydrogen (secondary N) is 1. The van der Waals surface area contributed by atoms with Gasteiger partial charge in [-0.1, -0.05) is 0 Å². The second kappa shape index (κ2) is 56.4. The topological polar surface area (TPSA) is 624 Å². The maximum Gasteiger partial charge on any atom is 0.469 e. The highest BCUT2D eigenvalue weighted by atomic mass is 32.1. The van der Waals surface area contributed by atoms with Crippen LogP contribution in [-0.2, 0) is 114 Å². The third-order valence-corrected chi connectivity index (χ3v) is 12.3. The zero-order valence-corrected chi connectivity index (χ0v) is 61.5. The Morgan fingerprint density at radius 3 is 0.971 bits per heavy atom. The predicted octanol–water partition coefficient (Wildman–Crippen LogP) is -2.95. The average Bonchev–Trinajstić information content (AvgIpc) is 0.901. The molecule has 0 spiro atoms. The number of nitrogens with zero attached hydrogens (tertiary/aromatic N) is 4. The fourth-order valence-corrected chi connectivity index (χ4v) is 7.58. The van der Waals surface area contributed by atoms with Crippen LogP contribution in [0, 0.1) is 21.7 Å². The van der Waals surface area contributed by atoms with E-state index in [9.17, 15) is 77.7 Å². The van der Waals surface area contributed by atoms with Crippen molar-refractivity contribution in [2.45, 2.75) is 79.8 Å². The van der Waals surface area contributed by atoms with Crippen LogP contribution in [0.2, 0.25) is 0 Å². The van der Waals surface area contributed by atoms with Crippen molar-refractivity contribution in [2.75, 3.05) is 180 Å². The second-order valence-electron chi connectivity index (χ2n) is 24.3. The first kappa shape index (κ1) is 105. The molecule has 0 fully saturated rings. The van der Waals surface area contributed by atoms with E-state index in [-0.39, 0.29) is 116 Å². The molecule has 4 unspecified atom stereocenters.